The maximum atomic E-state index is 12.3. The Morgan fingerprint density at radius 1 is 1.50 bits per heavy atom. The van der Waals surface area contributed by atoms with Crippen molar-refractivity contribution < 1.29 is 18.0 Å². The first kappa shape index (κ1) is 12.7. The van der Waals surface area contributed by atoms with Crippen molar-refractivity contribution in [3.05, 3.63) is 17.5 Å². The molecule has 1 aromatic rings. The number of carbonyl (C=O) groups excluding carboxylic acids is 1. The largest absolute Gasteiger partial charge is 0.435 e. The van der Waals surface area contributed by atoms with Crippen molar-refractivity contribution in [2.75, 3.05) is 0 Å². The summed E-state index contributed by atoms with van der Waals surface area (Å²) in [5.41, 5.74) is -0.622. The normalized spacial score (nSPS) is 12.2. The molecule has 90 valence electrons. The van der Waals surface area contributed by atoms with Gasteiger partial charge in [0.05, 0.1) is 0 Å². The van der Waals surface area contributed by atoms with Crippen molar-refractivity contribution in [3.8, 4) is 0 Å². The van der Waals surface area contributed by atoms with Gasteiger partial charge in [-0.1, -0.05) is 13.8 Å². The van der Waals surface area contributed by atoms with Gasteiger partial charge in [-0.05, 0) is 13.0 Å². The highest BCUT2D eigenvalue weighted by atomic mass is 19.4. The second-order valence-electron chi connectivity index (χ2n) is 3.95. The molecule has 0 unspecified atom stereocenters. The molecule has 0 N–H and O–H groups in total. The number of carbonyl (C=O) groups is 1. The van der Waals surface area contributed by atoms with E-state index in [1.807, 2.05) is 0 Å². The second kappa shape index (κ2) is 4.27. The van der Waals surface area contributed by atoms with E-state index in [0.717, 1.165) is 10.7 Å². The van der Waals surface area contributed by atoms with E-state index in [0.29, 0.717) is 5.69 Å². The first-order valence-electron chi connectivity index (χ1n) is 4.86. The monoisotopic (exact) mass is 234 g/mol. The number of rotatable bonds is 3. The molecular weight excluding hydrogens is 221 g/mol. The molecular formula is C10H13F3N2O. The number of aryl methyl sites for hydroxylation is 1. The molecule has 0 radical (unpaired) electrons. The minimum atomic E-state index is -4.46. The fourth-order valence-corrected chi connectivity index (χ4v) is 1.14. The number of hydrogen-bond acceptors (Lipinski definition) is 2. The van der Waals surface area contributed by atoms with Crippen LogP contribution in [-0.2, 0) is 17.5 Å². The summed E-state index contributed by atoms with van der Waals surface area (Å²) in [6, 6.07) is 0.938. The fraction of sp³-hybridized carbons (Fsp3) is 0.600. The topological polar surface area (TPSA) is 34.9 Å². The number of halogens is 3. The molecule has 0 aromatic carbocycles. The Bertz CT molecular complexity index is 393. The molecule has 0 aliphatic carbocycles. The van der Waals surface area contributed by atoms with Crippen LogP contribution in [0.4, 0.5) is 13.2 Å². The van der Waals surface area contributed by atoms with Crippen LogP contribution in [0.25, 0.3) is 0 Å². The van der Waals surface area contributed by atoms with Crippen LogP contribution in [0.1, 0.15) is 25.2 Å². The first-order chi connectivity index (χ1) is 7.21. The van der Waals surface area contributed by atoms with Crippen LogP contribution < -0.4 is 0 Å². The highest BCUT2D eigenvalue weighted by Gasteiger charge is 2.34. The van der Waals surface area contributed by atoms with E-state index >= 15 is 0 Å². The van der Waals surface area contributed by atoms with Gasteiger partial charge in [0.15, 0.2) is 11.5 Å². The van der Waals surface area contributed by atoms with E-state index in [9.17, 15) is 18.0 Å². The minimum absolute atomic E-state index is 0.112. The molecule has 3 nitrogen and oxygen atoms in total. The average Bonchev–Trinajstić information content (AvgIpc) is 2.47. The van der Waals surface area contributed by atoms with Gasteiger partial charge in [0.2, 0.25) is 0 Å². The molecule has 0 atom stereocenters. The van der Waals surface area contributed by atoms with Crippen molar-refractivity contribution in [3.63, 3.8) is 0 Å². The number of hydrogen-bond donors (Lipinski definition) is 0. The summed E-state index contributed by atoms with van der Waals surface area (Å²) in [5, 5.41) is 3.37. The fourth-order valence-electron chi connectivity index (χ4n) is 1.14. The quantitative estimate of drug-likeness (QED) is 0.805. The minimum Gasteiger partial charge on any atom is -0.297 e. The molecule has 1 rings (SSSR count). The number of Topliss-reactive ketones (excluding diaryl/α,β-unsaturated/α-hetero) is 1. The number of aromatic nitrogens is 2. The molecule has 0 saturated heterocycles. The van der Waals surface area contributed by atoms with Crippen LogP contribution in [0.5, 0.6) is 0 Å². The Kier molecular flexibility index (Phi) is 3.40. The van der Waals surface area contributed by atoms with Crippen molar-refractivity contribution >= 4 is 5.78 Å². The zero-order valence-corrected chi connectivity index (χ0v) is 9.30. The van der Waals surface area contributed by atoms with Gasteiger partial charge in [-0.25, -0.2) is 0 Å². The summed E-state index contributed by atoms with van der Waals surface area (Å²) >= 11 is 0. The average molecular weight is 234 g/mol. The molecule has 0 aliphatic rings. The molecule has 0 amide bonds. The maximum absolute atomic E-state index is 12.3. The summed E-state index contributed by atoms with van der Waals surface area (Å²) in [6.07, 6.45) is -4.46. The van der Waals surface area contributed by atoms with E-state index in [4.69, 9.17) is 0 Å². The lowest BCUT2D eigenvalue weighted by molar-refractivity contribution is -0.141. The van der Waals surface area contributed by atoms with Crippen LogP contribution in [0.2, 0.25) is 0 Å². The summed E-state index contributed by atoms with van der Waals surface area (Å²) in [5.74, 6) is -0.349. The van der Waals surface area contributed by atoms with Gasteiger partial charge < -0.3 is 0 Å². The van der Waals surface area contributed by atoms with Crippen LogP contribution >= 0.6 is 0 Å². The van der Waals surface area contributed by atoms with Crippen molar-refractivity contribution in [1.29, 1.82) is 0 Å². The zero-order valence-electron chi connectivity index (χ0n) is 9.30. The van der Waals surface area contributed by atoms with E-state index in [1.54, 1.807) is 13.8 Å². The van der Waals surface area contributed by atoms with E-state index in [2.05, 4.69) is 5.10 Å². The predicted octanol–water partition coefficient (Wildman–Crippen LogP) is 2.44. The molecule has 0 spiro atoms. The number of nitrogens with zero attached hydrogens (tertiary/aromatic N) is 2. The Morgan fingerprint density at radius 3 is 2.44 bits per heavy atom. The summed E-state index contributed by atoms with van der Waals surface area (Å²) in [7, 11) is 0. The van der Waals surface area contributed by atoms with E-state index < -0.39 is 11.9 Å². The Hall–Kier alpha value is -1.33. The maximum Gasteiger partial charge on any atom is 0.435 e. The Balaban J connectivity index is 2.91. The molecule has 1 aromatic heterocycles. The van der Waals surface area contributed by atoms with Gasteiger partial charge in [-0.2, -0.15) is 18.3 Å². The smallest absolute Gasteiger partial charge is 0.297 e. The molecule has 1 heterocycles. The van der Waals surface area contributed by atoms with E-state index in [-0.39, 0.29) is 18.2 Å². The summed E-state index contributed by atoms with van der Waals surface area (Å²) in [4.78, 5) is 11.4. The van der Waals surface area contributed by atoms with Crippen LogP contribution in [0, 0.1) is 12.8 Å². The van der Waals surface area contributed by atoms with Gasteiger partial charge in [0.1, 0.15) is 6.54 Å². The Morgan fingerprint density at radius 2 is 2.06 bits per heavy atom. The molecule has 0 fully saturated rings. The number of alkyl halides is 3. The third-order valence-electron chi connectivity index (χ3n) is 2.22. The van der Waals surface area contributed by atoms with Crippen LogP contribution in [-0.4, -0.2) is 15.6 Å². The van der Waals surface area contributed by atoms with Gasteiger partial charge >= 0.3 is 6.18 Å². The first-order valence-corrected chi connectivity index (χ1v) is 4.86. The number of ketones is 1. The van der Waals surface area contributed by atoms with Gasteiger partial charge in [0, 0.05) is 11.6 Å². The highest BCUT2D eigenvalue weighted by Crippen LogP contribution is 2.28. The van der Waals surface area contributed by atoms with Crippen molar-refractivity contribution in [2.24, 2.45) is 5.92 Å². The molecule has 6 heteroatoms. The molecule has 0 bridgehead atoms. The van der Waals surface area contributed by atoms with Crippen LogP contribution in [0.3, 0.4) is 0 Å². The van der Waals surface area contributed by atoms with Crippen LogP contribution in [0.15, 0.2) is 6.07 Å². The third kappa shape index (κ3) is 2.84. The SMILES string of the molecule is Cc1cc(C(F)(F)F)nn1CC(=O)C(C)C. The predicted molar refractivity (Wildman–Crippen MR) is 51.8 cm³/mol. The highest BCUT2D eigenvalue weighted by molar-refractivity contribution is 5.80. The zero-order chi connectivity index (χ0) is 12.5. The lowest BCUT2D eigenvalue weighted by Gasteiger charge is -2.06. The Labute approximate surface area is 91.3 Å². The molecule has 0 saturated carbocycles. The van der Waals surface area contributed by atoms with Gasteiger partial charge in [-0.15, -0.1) is 0 Å². The van der Waals surface area contributed by atoms with Crippen molar-refractivity contribution in [2.45, 2.75) is 33.5 Å². The molecule has 0 aliphatic heterocycles. The summed E-state index contributed by atoms with van der Waals surface area (Å²) < 4.78 is 38.0. The standard InChI is InChI=1S/C10H13F3N2O/c1-6(2)8(16)5-15-7(3)4-9(14-15)10(11,12)13/h4,6H,5H2,1-3H3. The summed E-state index contributed by atoms with van der Waals surface area (Å²) in [6.45, 7) is 4.78. The molecule has 16 heavy (non-hydrogen) atoms. The van der Waals surface area contributed by atoms with Crippen molar-refractivity contribution in [1.82, 2.24) is 9.78 Å². The second-order valence-corrected chi connectivity index (χ2v) is 3.95. The lowest BCUT2D eigenvalue weighted by Crippen LogP contribution is -2.18. The lowest BCUT2D eigenvalue weighted by atomic mass is 10.1. The van der Waals surface area contributed by atoms with Gasteiger partial charge in [0.25, 0.3) is 0 Å². The third-order valence-corrected chi connectivity index (χ3v) is 2.22. The van der Waals surface area contributed by atoms with E-state index in [1.165, 1.54) is 6.92 Å². The van der Waals surface area contributed by atoms with Gasteiger partial charge in [-0.3, -0.25) is 9.48 Å².